The van der Waals surface area contributed by atoms with Crippen LogP contribution in [0.2, 0.25) is 20.1 Å². The van der Waals surface area contributed by atoms with Crippen molar-refractivity contribution in [1.82, 2.24) is 10.2 Å². The third-order valence-corrected chi connectivity index (χ3v) is 8.06. The van der Waals surface area contributed by atoms with Gasteiger partial charge in [-0.05, 0) is 43.2 Å². The molecule has 2 rings (SSSR count). The van der Waals surface area contributed by atoms with Crippen LogP contribution in [0.3, 0.4) is 0 Å². The molecule has 0 saturated heterocycles. The fourth-order valence-corrected chi connectivity index (χ4v) is 5.18. The molecule has 1 atom stereocenters. The molecule has 198 valence electrons. The lowest BCUT2D eigenvalue weighted by Gasteiger charge is -2.33. The van der Waals surface area contributed by atoms with Gasteiger partial charge in [-0.25, -0.2) is 8.42 Å². The molecule has 0 fully saturated rings. The Morgan fingerprint density at radius 2 is 1.61 bits per heavy atom. The standard InChI is InChI=1S/C24H29Cl4N3O4S/c1-4-6-12-29-24(33)22(5-2)30(14-17-18(25)8-7-9-19(17)26)23(32)15-31(36(3,34)35)16-10-11-20(27)21(28)13-16/h7-11,13,22H,4-6,12,14-15H2,1-3H3,(H,29,33)/t22-/m0/s1. The fourth-order valence-electron chi connectivity index (χ4n) is 3.53. The molecule has 0 radical (unpaired) electrons. The molecule has 1 N–H and O–H groups in total. The number of halogens is 4. The zero-order chi connectivity index (χ0) is 27.0. The van der Waals surface area contributed by atoms with E-state index in [0.717, 1.165) is 23.4 Å². The zero-order valence-electron chi connectivity index (χ0n) is 20.2. The minimum Gasteiger partial charge on any atom is -0.354 e. The van der Waals surface area contributed by atoms with Gasteiger partial charge in [0.05, 0.1) is 22.0 Å². The molecule has 2 amide bonds. The largest absolute Gasteiger partial charge is 0.354 e. The first-order chi connectivity index (χ1) is 16.9. The van der Waals surface area contributed by atoms with Gasteiger partial charge in [0.15, 0.2) is 0 Å². The van der Waals surface area contributed by atoms with Crippen LogP contribution in [-0.4, -0.2) is 50.5 Å². The summed E-state index contributed by atoms with van der Waals surface area (Å²) in [6.45, 7) is 3.57. The number of unbranched alkanes of at least 4 members (excludes halogenated alkanes) is 1. The minimum absolute atomic E-state index is 0.0873. The Morgan fingerprint density at radius 3 is 2.14 bits per heavy atom. The van der Waals surface area contributed by atoms with Crippen molar-refractivity contribution in [3.63, 3.8) is 0 Å². The van der Waals surface area contributed by atoms with Crippen molar-refractivity contribution < 1.29 is 18.0 Å². The predicted octanol–water partition coefficient (Wildman–Crippen LogP) is 5.79. The van der Waals surface area contributed by atoms with Gasteiger partial charge in [0.25, 0.3) is 0 Å². The summed E-state index contributed by atoms with van der Waals surface area (Å²) in [5.74, 6) is -0.956. The van der Waals surface area contributed by atoms with Crippen LogP contribution < -0.4 is 9.62 Å². The Balaban J connectivity index is 2.48. The van der Waals surface area contributed by atoms with Gasteiger partial charge in [0.2, 0.25) is 21.8 Å². The number of hydrogen-bond acceptors (Lipinski definition) is 4. The molecule has 0 bridgehead atoms. The topological polar surface area (TPSA) is 86.8 Å². The number of amides is 2. The van der Waals surface area contributed by atoms with Crippen molar-refractivity contribution in [2.75, 3.05) is 23.7 Å². The maximum Gasteiger partial charge on any atom is 0.244 e. The summed E-state index contributed by atoms with van der Waals surface area (Å²) in [6.07, 6.45) is 2.94. The summed E-state index contributed by atoms with van der Waals surface area (Å²) < 4.78 is 26.2. The highest BCUT2D eigenvalue weighted by Gasteiger charge is 2.32. The maximum atomic E-state index is 13.7. The Labute approximate surface area is 232 Å². The third-order valence-electron chi connectivity index (χ3n) is 5.48. The van der Waals surface area contributed by atoms with Crippen LogP contribution in [0.5, 0.6) is 0 Å². The fraction of sp³-hybridized carbons (Fsp3) is 0.417. The molecular formula is C24H29Cl4N3O4S. The normalized spacial score (nSPS) is 12.2. The van der Waals surface area contributed by atoms with E-state index in [9.17, 15) is 18.0 Å². The lowest BCUT2D eigenvalue weighted by Crippen LogP contribution is -2.52. The van der Waals surface area contributed by atoms with E-state index >= 15 is 0 Å². The summed E-state index contributed by atoms with van der Waals surface area (Å²) in [7, 11) is -3.90. The Morgan fingerprint density at radius 1 is 0.972 bits per heavy atom. The smallest absolute Gasteiger partial charge is 0.244 e. The van der Waals surface area contributed by atoms with Crippen LogP contribution in [0.4, 0.5) is 5.69 Å². The summed E-state index contributed by atoms with van der Waals surface area (Å²) in [6, 6.07) is 8.31. The molecule has 0 aliphatic rings. The second-order valence-corrected chi connectivity index (χ2v) is 11.7. The van der Waals surface area contributed by atoms with Crippen LogP contribution in [0, 0.1) is 0 Å². The number of anilines is 1. The zero-order valence-corrected chi connectivity index (χ0v) is 24.1. The Hall–Kier alpha value is -1.71. The molecular weight excluding hydrogens is 568 g/mol. The number of sulfonamides is 1. The van der Waals surface area contributed by atoms with E-state index < -0.39 is 28.5 Å². The lowest BCUT2D eigenvalue weighted by molar-refractivity contribution is -0.140. The van der Waals surface area contributed by atoms with Gasteiger partial charge in [-0.2, -0.15) is 0 Å². The molecule has 7 nitrogen and oxygen atoms in total. The first-order valence-corrected chi connectivity index (χ1v) is 14.7. The van der Waals surface area contributed by atoms with Gasteiger partial charge in [0.1, 0.15) is 12.6 Å². The number of rotatable bonds is 12. The molecule has 2 aromatic carbocycles. The van der Waals surface area contributed by atoms with E-state index in [1.807, 2.05) is 6.92 Å². The van der Waals surface area contributed by atoms with Gasteiger partial charge in [-0.3, -0.25) is 13.9 Å². The van der Waals surface area contributed by atoms with Gasteiger partial charge < -0.3 is 10.2 Å². The molecule has 0 aromatic heterocycles. The second-order valence-electron chi connectivity index (χ2n) is 8.16. The van der Waals surface area contributed by atoms with E-state index in [-0.39, 0.29) is 34.6 Å². The Kier molecular flexibility index (Phi) is 11.6. The maximum absolute atomic E-state index is 13.7. The number of hydrogen-bond donors (Lipinski definition) is 1. The number of nitrogens with zero attached hydrogens (tertiary/aromatic N) is 2. The first kappa shape index (κ1) is 30.5. The van der Waals surface area contributed by atoms with Gasteiger partial charge >= 0.3 is 0 Å². The molecule has 0 saturated carbocycles. The monoisotopic (exact) mass is 595 g/mol. The number of nitrogens with one attached hydrogen (secondary N) is 1. The molecule has 2 aromatic rings. The third kappa shape index (κ3) is 8.15. The lowest BCUT2D eigenvalue weighted by atomic mass is 10.1. The van der Waals surface area contributed by atoms with Gasteiger partial charge in [-0.1, -0.05) is 72.7 Å². The SMILES string of the molecule is CCCCNC(=O)[C@H](CC)N(Cc1c(Cl)cccc1Cl)C(=O)CN(c1ccc(Cl)c(Cl)c1)S(C)(=O)=O. The molecule has 36 heavy (non-hydrogen) atoms. The van der Waals surface area contributed by atoms with Crippen LogP contribution in [0.15, 0.2) is 36.4 Å². The summed E-state index contributed by atoms with van der Waals surface area (Å²) in [5.41, 5.74) is 0.617. The molecule has 0 aliphatic heterocycles. The van der Waals surface area contributed by atoms with Crippen molar-refractivity contribution in [2.24, 2.45) is 0 Å². The first-order valence-electron chi connectivity index (χ1n) is 11.3. The van der Waals surface area contributed by atoms with Crippen molar-refractivity contribution in [1.29, 1.82) is 0 Å². The van der Waals surface area contributed by atoms with Crippen LogP contribution in [0.25, 0.3) is 0 Å². The van der Waals surface area contributed by atoms with E-state index in [1.165, 1.54) is 23.1 Å². The van der Waals surface area contributed by atoms with Crippen molar-refractivity contribution in [2.45, 2.75) is 45.7 Å². The van der Waals surface area contributed by atoms with Gasteiger partial charge in [0, 0.05) is 28.7 Å². The summed E-state index contributed by atoms with van der Waals surface area (Å²) >= 11 is 24.8. The van der Waals surface area contributed by atoms with Crippen LogP contribution >= 0.6 is 46.4 Å². The number of carbonyl (C=O) groups excluding carboxylic acids is 2. The minimum atomic E-state index is -3.90. The van der Waals surface area contributed by atoms with E-state index in [4.69, 9.17) is 46.4 Å². The summed E-state index contributed by atoms with van der Waals surface area (Å²) in [5, 5.41) is 3.88. The molecule has 0 unspecified atom stereocenters. The highest BCUT2D eigenvalue weighted by molar-refractivity contribution is 7.92. The second kappa shape index (κ2) is 13.7. The van der Waals surface area contributed by atoms with Crippen molar-refractivity contribution >= 4 is 73.9 Å². The molecule has 0 heterocycles. The van der Waals surface area contributed by atoms with Crippen molar-refractivity contribution in [3.05, 3.63) is 62.1 Å². The average molecular weight is 597 g/mol. The molecule has 0 spiro atoms. The van der Waals surface area contributed by atoms with Crippen LogP contribution in [-0.2, 0) is 26.2 Å². The van der Waals surface area contributed by atoms with E-state index in [2.05, 4.69) is 5.32 Å². The van der Waals surface area contributed by atoms with E-state index in [1.54, 1.807) is 25.1 Å². The highest BCUT2D eigenvalue weighted by Crippen LogP contribution is 2.30. The number of carbonyl (C=O) groups is 2. The number of benzene rings is 2. The highest BCUT2D eigenvalue weighted by atomic mass is 35.5. The molecule has 12 heteroatoms. The predicted molar refractivity (Wildman–Crippen MR) is 148 cm³/mol. The molecule has 0 aliphatic carbocycles. The van der Waals surface area contributed by atoms with Crippen LogP contribution in [0.1, 0.15) is 38.7 Å². The average Bonchev–Trinajstić information content (AvgIpc) is 2.80. The summed E-state index contributed by atoms with van der Waals surface area (Å²) in [4.78, 5) is 28.0. The van der Waals surface area contributed by atoms with Gasteiger partial charge in [-0.15, -0.1) is 0 Å². The quantitative estimate of drug-likeness (QED) is 0.314. The Bertz CT molecular complexity index is 1170. The van der Waals surface area contributed by atoms with E-state index in [0.29, 0.717) is 22.2 Å². The van der Waals surface area contributed by atoms with Crippen molar-refractivity contribution in [3.8, 4) is 0 Å².